The average molecular weight is 346 g/mol. The predicted octanol–water partition coefficient (Wildman–Crippen LogP) is 4.06. The maximum atomic E-state index is 12.7. The highest BCUT2D eigenvalue weighted by molar-refractivity contribution is 7.99. The minimum Gasteiger partial charge on any atom is -0.323 e. The number of nitrogens with zero attached hydrogens (tertiary/aromatic N) is 2. The van der Waals surface area contributed by atoms with Crippen molar-refractivity contribution in [3.63, 3.8) is 0 Å². The lowest BCUT2D eigenvalue weighted by Gasteiger charge is -2.37. The van der Waals surface area contributed by atoms with Crippen LogP contribution in [0.2, 0.25) is 0 Å². The molecule has 2 amide bonds. The van der Waals surface area contributed by atoms with Crippen LogP contribution < -0.4 is 5.32 Å². The molecule has 0 aromatic heterocycles. The molecule has 3 rings (SSSR count). The lowest BCUT2D eigenvalue weighted by molar-refractivity contribution is 0.131. The Morgan fingerprint density at radius 2 is 2.04 bits per heavy atom. The quantitative estimate of drug-likeness (QED) is 0.646. The molecule has 2 saturated heterocycles. The highest BCUT2D eigenvalue weighted by atomic mass is 32.2. The van der Waals surface area contributed by atoms with Gasteiger partial charge in [-0.25, -0.2) is 4.79 Å². The Labute approximate surface area is 149 Å². The summed E-state index contributed by atoms with van der Waals surface area (Å²) < 4.78 is 0. The van der Waals surface area contributed by atoms with Crippen molar-refractivity contribution >= 4 is 23.5 Å². The zero-order valence-corrected chi connectivity index (χ0v) is 15.1. The number of urea groups is 1. The molecule has 1 atom stereocenters. The van der Waals surface area contributed by atoms with Crippen LogP contribution in [0.5, 0.6) is 0 Å². The van der Waals surface area contributed by atoms with Gasteiger partial charge in [0.05, 0.1) is 5.69 Å². The highest BCUT2D eigenvalue weighted by Crippen LogP contribution is 2.28. The van der Waals surface area contributed by atoms with Gasteiger partial charge in [-0.2, -0.15) is 0 Å². The molecule has 0 saturated carbocycles. The van der Waals surface area contributed by atoms with Crippen LogP contribution in [0.4, 0.5) is 10.5 Å². The minimum absolute atomic E-state index is 0.0329. The molecule has 4 nitrogen and oxygen atoms in total. The molecule has 2 aliphatic rings. The molecule has 0 radical (unpaired) electrons. The number of benzene rings is 1. The molecule has 1 aromatic carbocycles. The van der Waals surface area contributed by atoms with Gasteiger partial charge in [-0.05, 0) is 50.9 Å². The van der Waals surface area contributed by atoms with E-state index in [1.807, 2.05) is 35.2 Å². The highest BCUT2D eigenvalue weighted by Gasteiger charge is 2.29. The summed E-state index contributed by atoms with van der Waals surface area (Å²) >= 11 is 1.70. The first-order valence-corrected chi connectivity index (χ1v) is 9.89. The largest absolute Gasteiger partial charge is 0.323 e. The Morgan fingerprint density at radius 1 is 1.25 bits per heavy atom. The summed E-state index contributed by atoms with van der Waals surface area (Å²) in [5.41, 5.74) is 0.901. The SMILES string of the molecule is C=CCSc1ccccc1NC(=O)N1CCC[C@H](N2CCCC2)C1. The number of hydrogen-bond donors (Lipinski definition) is 1. The molecule has 0 aliphatic carbocycles. The number of thioether (sulfide) groups is 1. The Balaban J connectivity index is 1.61. The van der Waals surface area contributed by atoms with Crippen LogP contribution in [0.1, 0.15) is 25.7 Å². The molecule has 1 N–H and O–H groups in total. The monoisotopic (exact) mass is 345 g/mol. The third-order valence-corrected chi connectivity index (χ3v) is 5.90. The summed E-state index contributed by atoms with van der Waals surface area (Å²) in [5.74, 6) is 0.841. The van der Waals surface area contributed by atoms with E-state index in [1.165, 1.54) is 32.4 Å². The number of anilines is 1. The molecule has 0 bridgehead atoms. The van der Waals surface area contributed by atoms with E-state index >= 15 is 0 Å². The van der Waals surface area contributed by atoms with Crippen LogP contribution in [0.3, 0.4) is 0 Å². The number of likely N-dealkylation sites (tertiary alicyclic amines) is 2. The first kappa shape index (κ1) is 17.4. The first-order valence-electron chi connectivity index (χ1n) is 8.90. The zero-order valence-electron chi connectivity index (χ0n) is 14.2. The van der Waals surface area contributed by atoms with Gasteiger partial charge in [-0.3, -0.25) is 4.90 Å². The normalized spacial score (nSPS) is 21.7. The second kappa shape index (κ2) is 8.58. The van der Waals surface area contributed by atoms with Crippen LogP contribution >= 0.6 is 11.8 Å². The number of hydrogen-bond acceptors (Lipinski definition) is 3. The first-order chi connectivity index (χ1) is 11.8. The molecule has 2 aliphatic heterocycles. The predicted molar refractivity (Wildman–Crippen MR) is 102 cm³/mol. The third-order valence-electron chi connectivity index (χ3n) is 4.83. The number of piperidine rings is 1. The van der Waals surface area contributed by atoms with E-state index in [0.29, 0.717) is 6.04 Å². The van der Waals surface area contributed by atoms with Gasteiger partial charge in [-0.1, -0.05) is 18.2 Å². The molecule has 0 spiro atoms. The van der Waals surface area contributed by atoms with Crippen LogP contribution in [-0.4, -0.2) is 53.8 Å². The van der Waals surface area contributed by atoms with E-state index in [1.54, 1.807) is 11.8 Å². The summed E-state index contributed by atoms with van der Waals surface area (Å²) in [4.78, 5) is 18.4. The number of carbonyl (C=O) groups excluding carboxylic acids is 1. The van der Waals surface area contributed by atoms with Gasteiger partial charge in [0.25, 0.3) is 0 Å². The standard InChI is InChI=1S/C19H27N3OS/c1-2-14-24-18-10-4-3-9-17(18)20-19(23)22-13-7-8-16(15-22)21-11-5-6-12-21/h2-4,9-10,16H,1,5-8,11-15H2,(H,20,23)/t16-/m0/s1. The van der Waals surface area contributed by atoms with Crippen molar-refractivity contribution in [1.82, 2.24) is 9.80 Å². The topological polar surface area (TPSA) is 35.6 Å². The van der Waals surface area contributed by atoms with Gasteiger partial charge in [0.15, 0.2) is 0 Å². The summed E-state index contributed by atoms with van der Waals surface area (Å²) in [6, 6.07) is 8.57. The molecule has 130 valence electrons. The van der Waals surface area contributed by atoms with Crippen molar-refractivity contribution in [2.45, 2.75) is 36.6 Å². The fourth-order valence-corrected chi connectivity index (χ4v) is 4.33. The average Bonchev–Trinajstić information content (AvgIpc) is 3.16. The van der Waals surface area contributed by atoms with Crippen LogP contribution in [0, 0.1) is 0 Å². The molecule has 1 aromatic rings. The molecular formula is C19H27N3OS. The van der Waals surface area contributed by atoms with Gasteiger partial charge in [0.1, 0.15) is 0 Å². The lowest BCUT2D eigenvalue weighted by atomic mass is 10.0. The van der Waals surface area contributed by atoms with Crippen molar-refractivity contribution in [3.8, 4) is 0 Å². The minimum atomic E-state index is 0.0329. The van der Waals surface area contributed by atoms with Crippen molar-refractivity contribution in [3.05, 3.63) is 36.9 Å². The summed E-state index contributed by atoms with van der Waals surface area (Å²) in [6.45, 7) is 7.87. The Kier molecular flexibility index (Phi) is 6.21. The Morgan fingerprint density at radius 3 is 2.83 bits per heavy atom. The van der Waals surface area contributed by atoms with Gasteiger partial charge >= 0.3 is 6.03 Å². The molecular weight excluding hydrogens is 318 g/mol. The lowest BCUT2D eigenvalue weighted by Crippen LogP contribution is -2.50. The van der Waals surface area contributed by atoms with Crippen molar-refractivity contribution in [2.24, 2.45) is 0 Å². The maximum absolute atomic E-state index is 12.7. The number of para-hydroxylation sites is 1. The van der Waals surface area contributed by atoms with Gasteiger partial charge in [0.2, 0.25) is 0 Å². The third kappa shape index (κ3) is 4.33. The van der Waals surface area contributed by atoms with E-state index in [2.05, 4.69) is 16.8 Å². The second-order valence-electron chi connectivity index (χ2n) is 6.51. The maximum Gasteiger partial charge on any atom is 0.321 e. The van der Waals surface area contributed by atoms with Crippen molar-refractivity contribution in [2.75, 3.05) is 37.2 Å². The summed E-state index contributed by atoms with van der Waals surface area (Å²) in [7, 11) is 0. The van der Waals surface area contributed by atoms with E-state index in [9.17, 15) is 4.79 Å². The van der Waals surface area contributed by atoms with Crippen LogP contribution in [0.25, 0.3) is 0 Å². The Hall–Kier alpha value is -1.46. The molecule has 2 fully saturated rings. The van der Waals surface area contributed by atoms with Crippen molar-refractivity contribution in [1.29, 1.82) is 0 Å². The van der Waals surface area contributed by atoms with E-state index < -0.39 is 0 Å². The van der Waals surface area contributed by atoms with Gasteiger partial charge < -0.3 is 10.2 Å². The van der Waals surface area contributed by atoms with Crippen LogP contribution in [-0.2, 0) is 0 Å². The fourth-order valence-electron chi connectivity index (χ4n) is 3.58. The van der Waals surface area contributed by atoms with E-state index in [-0.39, 0.29) is 6.03 Å². The van der Waals surface area contributed by atoms with E-state index in [0.717, 1.165) is 35.8 Å². The summed E-state index contributed by atoms with van der Waals surface area (Å²) in [6.07, 6.45) is 6.80. The van der Waals surface area contributed by atoms with Crippen molar-refractivity contribution < 1.29 is 4.79 Å². The van der Waals surface area contributed by atoms with Gasteiger partial charge in [0, 0.05) is 29.8 Å². The molecule has 0 unspecified atom stereocenters. The number of carbonyl (C=O) groups is 1. The fraction of sp³-hybridized carbons (Fsp3) is 0.526. The molecule has 24 heavy (non-hydrogen) atoms. The molecule has 5 heteroatoms. The number of rotatable bonds is 5. The van der Waals surface area contributed by atoms with Crippen LogP contribution in [0.15, 0.2) is 41.8 Å². The summed E-state index contributed by atoms with van der Waals surface area (Å²) in [5, 5.41) is 3.11. The van der Waals surface area contributed by atoms with E-state index in [4.69, 9.17) is 0 Å². The number of nitrogens with one attached hydrogen (secondary N) is 1. The zero-order chi connectivity index (χ0) is 16.8. The van der Waals surface area contributed by atoms with Gasteiger partial charge in [-0.15, -0.1) is 18.3 Å². The Bertz CT molecular complexity index is 571. The smallest absolute Gasteiger partial charge is 0.321 e. The second-order valence-corrected chi connectivity index (χ2v) is 7.57. The molecule has 2 heterocycles. The number of amides is 2.